The van der Waals surface area contributed by atoms with Gasteiger partial charge in [0.15, 0.2) is 5.13 Å². The van der Waals surface area contributed by atoms with Gasteiger partial charge in [0, 0.05) is 22.5 Å². The molecule has 4 nitrogen and oxygen atoms in total. The number of rotatable bonds is 8. The zero-order valence-electron chi connectivity index (χ0n) is 18.0. The van der Waals surface area contributed by atoms with E-state index in [0.717, 1.165) is 43.1 Å². The highest BCUT2D eigenvalue weighted by Crippen LogP contribution is 2.33. The van der Waals surface area contributed by atoms with Crippen molar-refractivity contribution in [2.24, 2.45) is 0 Å². The number of carbonyl (C=O) groups excluding carboxylic acids is 1. The van der Waals surface area contributed by atoms with Crippen molar-refractivity contribution in [2.45, 2.75) is 38.1 Å². The fourth-order valence-electron chi connectivity index (χ4n) is 3.48. The standard InChI is InChI=1S/C25H24ClN3OS2/c1-17-14-18(2)24-22(15-17)28-25(32-24)29(16-20-6-3-4-12-27-20)23(30)7-5-13-31-21-10-8-19(26)9-11-21/h3-4,6,8-12,14-15H,5,7,13,16H2,1-2H3. The van der Waals surface area contributed by atoms with Crippen LogP contribution in [-0.2, 0) is 11.3 Å². The molecule has 2 aromatic heterocycles. The summed E-state index contributed by atoms with van der Waals surface area (Å²) in [5, 5.41) is 1.46. The number of carbonyl (C=O) groups is 1. The van der Waals surface area contributed by atoms with E-state index in [-0.39, 0.29) is 5.91 Å². The molecule has 0 N–H and O–H groups in total. The Morgan fingerprint density at radius 3 is 2.69 bits per heavy atom. The number of aromatic nitrogens is 2. The molecule has 0 unspecified atom stereocenters. The molecule has 2 heterocycles. The second-order valence-electron chi connectivity index (χ2n) is 7.63. The average molecular weight is 482 g/mol. The van der Waals surface area contributed by atoms with Crippen LogP contribution in [0.2, 0.25) is 5.02 Å². The lowest BCUT2D eigenvalue weighted by molar-refractivity contribution is -0.118. The van der Waals surface area contributed by atoms with Gasteiger partial charge in [-0.2, -0.15) is 0 Å². The van der Waals surface area contributed by atoms with Crippen molar-refractivity contribution in [3.63, 3.8) is 0 Å². The smallest absolute Gasteiger partial charge is 0.229 e. The van der Waals surface area contributed by atoms with E-state index in [1.165, 1.54) is 11.1 Å². The lowest BCUT2D eigenvalue weighted by atomic mass is 10.1. The highest BCUT2D eigenvalue weighted by molar-refractivity contribution is 7.99. The molecular weight excluding hydrogens is 458 g/mol. The van der Waals surface area contributed by atoms with Crippen LogP contribution in [0.3, 0.4) is 0 Å². The first kappa shape index (κ1) is 22.8. The van der Waals surface area contributed by atoms with Crippen molar-refractivity contribution in [2.75, 3.05) is 10.7 Å². The molecule has 0 saturated heterocycles. The van der Waals surface area contributed by atoms with E-state index in [0.29, 0.717) is 13.0 Å². The molecule has 0 aliphatic heterocycles. The summed E-state index contributed by atoms with van der Waals surface area (Å²) in [6.07, 6.45) is 3.00. The molecule has 1 amide bonds. The molecule has 0 fully saturated rings. The molecule has 0 bridgehead atoms. The van der Waals surface area contributed by atoms with E-state index in [2.05, 4.69) is 31.0 Å². The molecular formula is C25H24ClN3OS2. The predicted octanol–water partition coefficient (Wildman–Crippen LogP) is 7.07. The van der Waals surface area contributed by atoms with Gasteiger partial charge in [-0.25, -0.2) is 4.98 Å². The number of anilines is 1. The number of aryl methyl sites for hydroxylation is 2. The SMILES string of the molecule is Cc1cc(C)c2sc(N(Cc3ccccn3)C(=O)CCCSc3ccc(Cl)cc3)nc2c1. The number of amides is 1. The minimum absolute atomic E-state index is 0.0702. The van der Waals surface area contributed by atoms with Gasteiger partial charge < -0.3 is 0 Å². The summed E-state index contributed by atoms with van der Waals surface area (Å²) >= 11 is 9.26. The van der Waals surface area contributed by atoms with Crippen molar-refractivity contribution < 1.29 is 4.79 Å². The number of halogens is 1. The Morgan fingerprint density at radius 2 is 1.94 bits per heavy atom. The van der Waals surface area contributed by atoms with Gasteiger partial charge >= 0.3 is 0 Å². The molecule has 4 aromatic rings. The lowest BCUT2D eigenvalue weighted by Gasteiger charge is -2.19. The average Bonchev–Trinajstić information content (AvgIpc) is 3.21. The van der Waals surface area contributed by atoms with Gasteiger partial charge in [0.1, 0.15) is 0 Å². The fourth-order valence-corrected chi connectivity index (χ4v) is 5.49. The van der Waals surface area contributed by atoms with Gasteiger partial charge in [-0.05, 0) is 79.6 Å². The van der Waals surface area contributed by atoms with Crippen LogP contribution < -0.4 is 4.90 Å². The van der Waals surface area contributed by atoms with E-state index in [1.54, 1.807) is 34.2 Å². The van der Waals surface area contributed by atoms with Crippen LogP contribution in [0.4, 0.5) is 5.13 Å². The van der Waals surface area contributed by atoms with Crippen LogP contribution in [0, 0.1) is 13.8 Å². The van der Waals surface area contributed by atoms with Crippen LogP contribution in [0.15, 0.2) is 65.7 Å². The molecule has 0 spiro atoms. The Hall–Kier alpha value is -2.41. The van der Waals surface area contributed by atoms with Crippen LogP contribution in [0.1, 0.15) is 29.7 Å². The van der Waals surface area contributed by atoms with Crippen molar-refractivity contribution in [3.05, 3.63) is 82.6 Å². The van der Waals surface area contributed by atoms with Crippen LogP contribution in [-0.4, -0.2) is 21.6 Å². The Balaban J connectivity index is 1.49. The number of pyridine rings is 1. The second-order valence-corrected chi connectivity index (χ2v) is 10.2. The quantitative estimate of drug-likeness (QED) is 0.199. The summed E-state index contributed by atoms with van der Waals surface area (Å²) in [5.41, 5.74) is 4.16. The topological polar surface area (TPSA) is 46.1 Å². The van der Waals surface area contributed by atoms with Crippen LogP contribution in [0.5, 0.6) is 0 Å². The third-order valence-electron chi connectivity index (χ3n) is 5.00. The summed E-state index contributed by atoms with van der Waals surface area (Å²) < 4.78 is 1.13. The maximum absolute atomic E-state index is 13.3. The lowest BCUT2D eigenvalue weighted by Crippen LogP contribution is -2.30. The molecule has 0 aliphatic rings. The normalized spacial score (nSPS) is 11.1. The van der Waals surface area contributed by atoms with E-state index in [9.17, 15) is 4.79 Å². The Bertz CT molecular complexity index is 1210. The predicted molar refractivity (Wildman–Crippen MR) is 136 cm³/mol. The second kappa shape index (κ2) is 10.5. The highest BCUT2D eigenvalue weighted by Gasteiger charge is 2.21. The molecule has 7 heteroatoms. The Morgan fingerprint density at radius 1 is 1.12 bits per heavy atom. The van der Waals surface area contributed by atoms with Gasteiger partial charge in [-0.3, -0.25) is 14.7 Å². The third-order valence-corrected chi connectivity index (χ3v) is 7.58. The number of thioether (sulfide) groups is 1. The molecule has 32 heavy (non-hydrogen) atoms. The minimum atomic E-state index is 0.0702. The summed E-state index contributed by atoms with van der Waals surface area (Å²) in [6, 6.07) is 17.8. The molecule has 0 atom stereocenters. The molecule has 4 rings (SSSR count). The Kier molecular flexibility index (Phi) is 7.45. The van der Waals surface area contributed by atoms with Crippen molar-refractivity contribution in [1.29, 1.82) is 0 Å². The summed E-state index contributed by atoms with van der Waals surface area (Å²) in [6.45, 7) is 4.58. The number of nitrogens with zero attached hydrogens (tertiary/aromatic N) is 3. The number of thiazole rings is 1. The molecule has 164 valence electrons. The highest BCUT2D eigenvalue weighted by atomic mass is 35.5. The maximum atomic E-state index is 13.3. The number of benzene rings is 2. The van der Waals surface area contributed by atoms with Gasteiger partial charge in [0.25, 0.3) is 0 Å². The number of hydrogen-bond donors (Lipinski definition) is 0. The molecule has 0 radical (unpaired) electrons. The first-order valence-corrected chi connectivity index (χ1v) is 12.6. The third kappa shape index (κ3) is 5.68. The first-order valence-electron chi connectivity index (χ1n) is 10.5. The first-order chi connectivity index (χ1) is 15.5. The zero-order chi connectivity index (χ0) is 22.5. The van der Waals surface area contributed by atoms with Gasteiger partial charge in [0.05, 0.1) is 22.5 Å². The summed E-state index contributed by atoms with van der Waals surface area (Å²) in [4.78, 5) is 25.5. The van der Waals surface area contributed by atoms with E-state index in [1.807, 2.05) is 42.5 Å². The minimum Gasteiger partial charge on any atom is -0.282 e. The molecule has 0 saturated carbocycles. The van der Waals surface area contributed by atoms with Gasteiger partial charge in [0.2, 0.25) is 5.91 Å². The monoisotopic (exact) mass is 481 g/mol. The van der Waals surface area contributed by atoms with Crippen LogP contribution in [0.25, 0.3) is 10.2 Å². The molecule has 0 aliphatic carbocycles. The van der Waals surface area contributed by atoms with E-state index < -0.39 is 0 Å². The Labute approximate surface area is 201 Å². The van der Waals surface area contributed by atoms with Crippen molar-refractivity contribution in [3.8, 4) is 0 Å². The largest absolute Gasteiger partial charge is 0.282 e. The summed E-state index contributed by atoms with van der Waals surface area (Å²) in [7, 11) is 0. The van der Waals surface area contributed by atoms with Gasteiger partial charge in [-0.15, -0.1) is 11.8 Å². The number of hydrogen-bond acceptors (Lipinski definition) is 5. The summed E-state index contributed by atoms with van der Waals surface area (Å²) in [5.74, 6) is 0.934. The molecule has 2 aromatic carbocycles. The number of fused-ring (bicyclic) bond motifs is 1. The van der Waals surface area contributed by atoms with Crippen molar-refractivity contribution in [1.82, 2.24) is 9.97 Å². The van der Waals surface area contributed by atoms with E-state index in [4.69, 9.17) is 16.6 Å². The van der Waals surface area contributed by atoms with Crippen LogP contribution >= 0.6 is 34.7 Å². The fraction of sp³-hybridized carbons (Fsp3) is 0.240. The van der Waals surface area contributed by atoms with Crippen molar-refractivity contribution >= 4 is 56.0 Å². The van der Waals surface area contributed by atoms with E-state index >= 15 is 0 Å². The maximum Gasteiger partial charge on any atom is 0.229 e. The zero-order valence-corrected chi connectivity index (χ0v) is 20.4. The van der Waals surface area contributed by atoms with Gasteiger partial charge in [-0.1, -0.05) is 35.1 Å².